The molecule has 1 amide bonds. The molecule has 0 aliphatic heterocycles. The number of nitrogens with zero attached hydrogens (tertiary/aromatic N) is 2. The number of para-hydroxylation sites is 1. The summed E-state index contributed by atoms with van der Waals surface area (Å²) in [5, 5.41) is 11.8. The standard InChI is InChI=1S/C17H13N3O2S2/c18-8-9-23-11-16(21)20-17-19-14-7-6-13(10-15(14)24-17)22-12-4-2-1-3-5-12/h1-7,10H,9,11H2,(H,19,20,21). The van der Waals surface area contributed by atoms with Crippen LogP contribution in [-0.4, -0.2) is 22.4 Å². The normalized spacial score (nSPS) is 10.3. The largest absolute Gasteiger partial charge is 0.457 e. The summed E-state index contributed by atoms with van der Waals surface area (Å²) in [5.41, 5.74) is 0.806. The maximum atomic E-state index is 11.8. The minimum absolute atomic E-state index is 0.157. The molecule has 0 aliphatic carbocycles. The highest BCUT2D eigenvalue weighted by molar-refractivity contribution is 8.00. The Morgan fingerprint density at radius 2 is 2.08 bits per heavy atom. The van der Waals surface area contributed by atoms with E-state index < -0.39 is 0 Å². The Kier molecular flexibility index (Phi) is 5.31. The van der Waals surface area contributed by atoms with Crippen molar-refractivity contribution in [2.45, 2.75) is 0 Å². The molecule has 3 rings (SSSR count). The van der Waals surface area contributed by atoms with Crippen LogP contribution in [0.2, 0.25) is 0 Å². The smallest absolute Gasteiger partial charge is 0.236 e. The molecule has 0 spiro atoms. The van der Waals surface area contributed by atoms with Crippen molar-refractivity contribution in [3.05, 3.63) is 48.5 Å². The Morgan fingerprint density at radius 3 is 2.88 bits per heavy atom. The number of benzene rings is 2. The van der Waals surface area contributed by atoms with Gasteiger partial charge >= 0.3 is 0 Å². The highest BCUT2D eigenvalue weighted by atomic mass is 32.2. The molecule has 0 bridgehead atoms. The fourth-order valence-electron chi connectivity index (χ4n) is 1.99. The van der Waals surface area contributed by atoms with Crippen LogP contribution in [0.1, 0.15) is 0 Å². The van der Waals surface area contributed by atoms with E-state index in [0.717, 1.165) is 21.7 Å². The SMILES string of the molecule is N#CCSCC(=O)Nc1nc2ccc(Oc3ccccc3)cc2s1. The average molecular weight is 355 g/mol. The third-order valence-corrected chi connectivity index (χ3v) is 4.72. The average Bonchev–Trinajstić information content (AvgIpc) is 2.97. The number of amides is 1. The maximum absolute atomic E-state index is 11.8. The van der Waals surface area contributed by atoms with Crippen molar-refractivity contribution in [3.8, 4) is 17.6 Å². The first kappa shape index (κ1) is 16.3. The van der Waals surface area contributed by atoms with Crippen molar-refractivity contribution in [3.63, 3.8) is 0 Å². The van der Waals surface area contributed by atoms with Gasteiger partial charge in [0.15, 0.2) is 5.13 Å². The number of carbonyl (C=O) groups excluding carboxylic acids is 1. The number of aromatic nitrogens is 1. The molecule has 24 heavy (non-hydrogen) atoms. The summed E-state index contributed by atoms with van der Waals surface area (Å²) in [6.07, 6.45) is 0. The molecule has 0 saturated carbocycles. The van der Waals surface area contributed by atoms with Crippen LogP contribution in [0, 0.1) is 11.3 Å². The van der Waals surface area contributed by atoms with E-state index in [1.807, 2.05) is 54.6 Å². The van der Waals surface area contributed by atoms with Gasteiger partial charge in [-0.05, 0) is 24.3 Å². The predicted molar refractivity (Wildman–Crippen MR) is 97.7 cm³/mol. The van der Waals surface area contributed by atoms with E-state index in [0.29, 0.717) is 10.9 Å². The van der Waals surface area contributed by atoms with Crippen molar-refractivity contribution in [2.75, 3.05) is 16.8 Å². The highest BCUT2D eigenvalue weighted by Gasteiger charge is 2.09. The van der Waals surface area contributed by atoms with E-state index in [-0.39, 0.29) is 11.7 Å². The van der Waals surface area contributed by atoms with Crippen LogP contribution in [0.3, 0.4) is 0 Å². The van der Waals surface area contributed by atoms with Gasteiger partial charge in [0, 0.05) is 6.07 Å². The molecule has 0 aliphatic rings. The van der Waals surface area contributed by atoms with Crippen molar-refractivity contribution in [2.24, 2.45) is 0 Å². The summed E-state index contributed by atoms with van der Waals surface area (Å²) in [6, 6.07) is 17.2. The van der Waals surface area contributed by atoms with E-state index in [1.54, 1.807) is 0 Å². The molecule has 0 atom stereocenters. The number of ether oxygens (including phenoxy) is 1. The van der Waals surface area contributed by atoms with Gasteiger partial charge in [-0.1, -0.05) is 29.5 Å². The fourth-order valence-corrected chi connectivity index (χ4v) is 3.35. The zero-order chi connectivity index (χ0) is 16.8. The van der Waals surface area contributed by atoms with Crippen LogP contribution in [0.4, 0.5) is 5.13 Å². The summed E-state index contributed by atoms with van der Waals surface area (Å²) >= 11 is 2.67. The van der Waals surface area contributed by atoms with Gasteiger partial charge in [-0.15, -0.1) is 11.8 Å². The third kappa shape index (κ3) is 4.25. The molecule has 5 nitrogen and oxygen atoms in total. The number of thioether (sulfide) groups is 1. The number of nitriles is 1. The number of nitrogens with one attached hydrogen (secondary N) is 1. The summed E-state index contributed by atoms with van der Waals surface area (Å²) in [5.74, 6) is 1.87. The van der Waals surface area contributed by atoms with Gasteiger partial charge in [0.05, 0.1) is 27.8 Å². The Morgan fingerprint density at radius 1 is 1.25 bits per heavy atom. The van der Waals surface area contributed by atoms with Crippen molar-refractivity contribution >= 4 is 44.4 Å². The second-order valence-corrected chi connectivity index (χ2v) is 6.78. The molecule has 120 valence electrons. The number of rotatable bonds is 6. The molecular weight excluding hydrogens is 342 g/mol. The molecule has 2 aromatic carbocycles. The lowest BCUT2D eigenvalue weighted by Crippen LogP contribution is -2.13. The second-order valence-electron chi connectivity index (χ2n) is 4.76. The van der Waals surface area contributed by atoms with E-state index in [2.05, 4.69) is 10.3 Å². The van der Waals surface area contributed by atoms with Crippen LogP contribution in [0.15, 0.2) is 48.5 Å². The van der Waals surface area contributed by atoms with Crippen LogP contribution in [0.5, 0.6) is 11.5 Å². The number of thiazole rings is 1. The van der Waals surface area contributed by atoms with Gasteiger partial charge in [0.1, 0.15) is 11.5 Å². The first-order chi connectivity index (χ1) is 11.7. The number of anilines is 1. The lowest BCUT2D eigenvalue weighted by atomic mass is 10.3. The minimum atomic E-state index is -0.157. The highest BCUT2D eigenvalue weighted by Crippen LogP contribution is 2.31. The van der Waals surface area contributed by atoms with Gasteiger partial charge in [0.25, 0.3) is 0 Å². The third-order valence-electron chi connectivity index (χ3n) is 2.98. The summed E-state index contributed by atoms with van der Waals surface area (Å²) in [6.45, 7) is 0. The predicted octanol–water partition coefficient (Wildman–Crippen LogP) is 4.28. The molecule has 7 heteroatoms. The molecule has 1 heterocycles. The topological polar surface area (TPSA) is 75.0 Å². The Hall–Kier alpha value is -2.56. The van der Waals surface area contributed by atoms with Crippen molar-refractivity contribution in [1.29, 1.82) is 5.26 Å². The second kappa shape index (κ2) is 7.81. The van der Waals surface area contributed by atoms with Gasteiger partial charge in [-0.2, -0.15) is 5.26 Å². The van der Waals surface area contributed by atoms with Crippen LogP contribution >= 0.6 is 23.1 Å². The summed E-state index contributed by atoms with van der Waals surface area (Å²) in [7, 11) is 0. The van der Waals surface area contributed by atoms with Crippen LogP contribution in [0.25, 0.3) is 10.2 Å². The van der Waals surface area contributed by atoms with Crippen molar-refractivity contribution in [1.82, 2.24) is 4.98 Å². The van der Waals surface area contributed by atoms with Crippen LogP contribution in [-0.2, 0) is 4.79 Å². The molecule has 0 unspecified atom stereocenters. The van der Waals surface area contributed by atoms with Crippen molar-refractivity contribution < 1.29 is 9.53 Å². The fraction of sp³-hybridized carbons (Fsp3) is 0.118. The van der Waals surface area contributed by atoms with Crippen LogP contribution < -0.4 is 10.1 Å². The lowest BCUT2D eigenvalue weighted by molar-refractivity contribution is -0.113. The Balaban J connectivity index is 1.70. The number of hydrogen-bond donors (Lipinski definition) is 1. The molecule has 0 saturated heterocycles. The lowest BCUT2D eigenvalue weighted by Gasteiger charge is -2.04. The molecule has 1 N–H and O–H groups in total. The van der Waals surface area contributed by atoms with Gasteiger partial charge in [-0.3, -0.25) is 4.79 Å². The summed E-state index contributed by atoms with van der Waals surface area (Å²) in [4.78, 5) is 16.2. The first-order valence-corrected chi connectivity index (χ1v) is 9.10. The zero-order valence-corrected chi connectivity index (χ0v) is 14.2. The molecule has 3 aromatic rings. The first-order valence-electron chi connectivity index (χ1n) is 7.12. The molecule has 0 fully saturated rings. The number of hydrogen-bond acceptors (Lipinski definition) is 6. The van der Waals surface area contributed by atoms with E-state index >= 15 is 0 Å². The van der Waals surface area contributed by atoms with Gasteiger partial charge < -0.3 is 10.1 Å². The van der Waals surface area contributed by atoms with Gasteiger partial charge in [-0.25, -0.2) is 4.98 Å². The van der Waals surface area contributed by atoms with E-state index in [4.69, 9.17) is 10.00 Å². The molecule has 1 aromatic heterocycles. The quantitative estimate of drug-likeness (QED) is 0.668. The Labute approximate surface area is 147 Å². The Bertz CT molecular complexity index is 888. The minimum Gasteiger partial charge on any atom is -0.457 e. The molecular formula is C17H13N3O2S2. The number of fused-ring (bicyclic) bond motifs is 1. The molecule has 0 radical (unpaired) electrons. The maximum Gasteiger partial charge on any atom is 0.236 e. The monoisotopic (exact) mass is 355 g/mol. The zero-order valence-electron chi connectivity index (χ0n) is 12.6. The van der Waals surface area contributed by atoms with Gasteiger partial charge in [0.2, 0.25) is 5.91 Å². The summed E-state index contributed by atoms with van der Waals surface area (Å²) < 4.78 is 6.73. The van der Waals surface area contributed by atoms with E-state index in [9.17, 15) is 4.79 Å². The van der Waals surface area contributed by atoms with E-state index in [1.165, 1.54) is 23.1 Å². The number of carbonyl (C=O) groups is 1.